The Morgan fingerprint density at radius 2 is 1.73 bits per heavy atom. The van der Waals surface area contributed by atoms with Crippen LogP contribution in [0.4, 0.5) is 15.8 Å². The number of hydrogen-bond acceptors (Lipinski definition) is 4. The molecule has 41 heavy (non-hydrogen) atoms. The van der Waals surface area contributed by atoms with Gasteiger partial charge in [-0.1, -0.05) is 44.2 Å². The van der Waals surface area contributed by atoms with Gasteiger partial charge >= 0.3 is 0 Å². The van der Waals surface area contributed by atoms with Crippen LogP contribution in [0, 0.1) is 24.6 Å². The van der Waals surface area contributed by atoms with Gasteiger partial charge < -0.3 is 9.64 Å². The van der Waals surface area contributed by atoms with E-state index in [9.17, 15) is 4.39 Å². The number of nitrogens with zero attached hydrogens (tertiary/aromatic N) is 3. The molecule has 0 N–H and O–H groups in total. The second-order valence-corrected chi connectivity index (χ2v) is 11.2. The zero-order chi connectivity index (χ0) is 28.3. The minimum absolute atomic E-state index is 0.206. The topological polar surface area (TPSA) is 37.7 Å². The summed E-state index contributed by atoms with van der Waals surface area (Å²) in [6.45, 7) is 9.76. The van der Waals surface area contributed by atoms with Gasteiger partial charge in [-0.3, -0.25) is 9.98 Å². The molecule has 1 saturated heterocycles. The van der Waals surface area contributed by atoms with Crippen molar-refractivity contribution in [3.05, 3.63) is 108 Å². The fraction of sp³-hybridized carbons (Fsp3) is 0.278. The Labute approximate surface area is 242 Å². The Balaban J connectivity index is 1.32. The lowest BCUT2D eigenvalue weighted by Crippen LogP contribution is -2.36. The van der Waals surface area contributed by atoms with Crippen LogP contribution in [0.3, 0.4) is 0 Å². The molecule has 0 saturated carbocycles. The van der Waals surface area contributed by atoms with Crippen molar-refractivity contribution in [2.45, 2.75) is 27.2 Å². The van der Waals surface area contributed by atoms with Crippen molar-refractivity contribution in [1.29, 1.82) is 0 Å². The molecule has 5 heteroatoms. The maximum absolute atomic E-state index is 14.0. The quantitative estimate of drug-likeness (QED) is 0.245. The van der Waals surface area contributed by atoms with Gasteiger partial charge in [0.15, 0.2) is 0 Å². The zero-order valence-electron chi connectivity index (χ0n) is 24.0. The van der Waals surface area contributed by atoms with Crippen LogP contribution < -0.4 is 4.90 Å². The van der Waals surface area contributed by atoms with E-state index < -0.39 is 0 Å². The highest BCUT2D eigenvalue weighted by molar-refractivity contribution is 5.89. The van der Waals surface area contributed by atoms with Gasteiger partial charge in [-0.15, -0.1) is 0 Å². The van der Waals surface area contributed by atoms with E-state index >= 15 is 0 Å². The number of ether oxygens (including phenoxy) is 1. The van der Waals surface area contributed by atoms with Gasteiger partial charge in [-0.2, -0.15) is 0 Å². The number of halogens is 1. The van der Waals surface area contributed by atoms with Crippen molar-refractivity contribution < 1.29 is 9.13 Å². The summed E-state index contributed by atoms with van der Waals surface area (Å²) in [7, 11) is 0. The number of morpholine rings is 1. The first-order valence-corrected chi connectivity index (χ1v) is 14.5. The van der Waals surface area contributed by atoms with Crippen molar-refractivity contribution in [2.24, 2.45) is 16.8 Å². The van der Waals surface area contributed by atoms with Crippen molar-refractivity contribution in [3.8, 4) is 22.4 Å². The maximum Gasteiger partial charge on any atom is 0.126 e. The molecule has 2 atom stereocenters. The van der Waals surface area contributed by atoms with Crippen LogP contribution in [0.5, 0.6) is 0 Å². The van der Waals surface area contributed by atoms with E-state index in [4.69, 9.17) is 14.7 Å². The number of hydrogen-bond donors (Lipinski definition) is 0. The molecule has 2 aliphatic heterocycles. The Morgan fingerprint density at radius 1 is 0.951 bits per heavy atom. The van der Waals surface area contributed by atoms with E-state index in [0.29, 0.717) is 11.5 Å². The summed E-state index contributed by atoms with van der Waals surface area (Å²) in [4.78, 5) is 12.0. The van der Waals surface area contributed by atoms with Gasteiger partial charge in [0.05, 0.1) is 24.6 Å². The van der Waals surface area contributed by atoms with Crippen LogP contribution >= 0.6 is 0 Å². The van der Waals surface area contributed by atoms with Crippen molar-refractivity contribution in [3.63, 3.8) is 0 Å². The number of anilines is 1. The van der Waals surface area contributed by atoms with Crippen molar-refractivity contribution in [1.82, 2.24) is 4.98 Å². The highest BCUT2D eigenvalue weighted by atomic mass is 19.1. The first-order valence-electron chi connectivity index (χ1n) is 14.5. The minimum atomic E-state index is -0.206. The monoisotopic (exact) mass is 545 g/mol. The van der Waals surface area contributed by atoms with Crippen molar-refractivity contribution >= 4 is 23.2 Å². The third-order valence-corrected chi connectivity index (χ3v) is 8.13. The number of benzene rings is 3. The standard InChI is InChI=1S/C36H36FN3O/c1-24-19-32(25(2)20-27-6-10-30(11-7-27)40-15-17-41-18-16-40)33-22-28(9-13-35(33)39-23-24)31-5-4-14-38-36(31)29-8-12-34(37)26(3)21-29/h4-14,19,21-25H,15-18,20H2,1-3H3. The molecule has 0 radical (unpaired) electrons. The molecule has 2 unspecified atom stereocenters. The Bertz CT molecular complexity index is 1600. The normalized spacial score (nSPS) is 17.5. The lowest BCUT2D eigenvalue weighted by Gasteiger charge is -2.29. The molecule has 4 nitrogen and oxygen atoms in total. The zero-order valence-corrected chi connectivity index (χ0v) is 24.0. The third kappa shape index (κ3) is 5.86. The lowest BCUT2D eigenvalue weighted by molar-refractivity contribution is 0.122. The van der Waals surface area contributed by atoms with Crippen LogP contribution in [0.25, 0.3) is 28.0 Å². The predicted octanol–water partition coefficient (Wildman–Crippen LogP) is 8.31. The highest BCUT2D eigenvalue weighted by Crippen LogP contribution is 2.40. The van der Waals surface area contributed by atoms with E-state index in [1.54, 1.807) is 19.2 Å². The summed E-state index contributed by atoms with van der Waals surface area (Å²) in [5.74, 6) is 0.335. The van der Waals surface area contributed by atoms with Gasteiger partial charge in [0, 0.05) is 53.8 Å². The van der Waals surface area contributed by atoms with E-state index in [1.165, 1.54) is 22.9 Å². The summed E-state index contributed by atoms with van der Waals surface area (Å²) in [6, 6.07) is 24.8. The first kappa shape index (κ1) is 27.1. The summed E-state index contributed by atoms with van der Waals surface area (Å²) in [5, 5.41) is 0. The van der Waals surface area contributed by atoms with Crippen LogP contribution in [-0.2, 0) is 11.2 Å². The van der Waals surface area contributed by atoms with Crippen LogP contribution in [0.1, 0.15) is 30.5 Å². The largest absolute Gasteiger partial charge is 0.378 e. The fourth-order valence-corrected chi connectivity index (χ4v) is 5.88. The minimum Gasteiger partial charge on any atom is -0.378 e. The molecule has 208 valence electrons. The molecule has 0 aliphatic carbocycles. The number of allylic oxidation sites excluding steroid dienone is 2. The van der Waals surface area contributed by atoms with Gasteiger partial charge in [0.1, 0.15) is 5.82 Å². The average Bonchev–Trinajstić information content (AvgIpc) is 3.17. The fourth-order valence-electron chi connectivity index (χ4n) is 5.88. The molecule has 1 fully saturated rings. The molecule has 3 aromatic carbocycles. The SMILES string of the molecule is Cc1cc(-c2ncccc2-c2ccc3c(c2)C(C(C)Cc2ccc(N4CCOCC4)cc2)=CC(C)C=N3)ccc1F. The molecular formula is C36H36FN3O. The van der Waals surface area contributed by atoms with E-state index in [-0.39, 0.29) is 11.7 Å². The highest BCUT2D eigenvalue weighted by Gasteiger charge is 2.21. The number of rotatable bonds is 6. The molecule has 4 aromatic rings. The lowest BCUT2D eigenvalue weighted by atomic mass is 9.85. The number of fused-ring (bicyclic) bond motifs is 1. The third-order valence-electron chi connectivity index (χ3n) is 8.13. The number of aliphatic imine (C=N–C) groups is 1. The second-order valence-electron chi connectivity index (χ2n) is 11.2. The van der Waals surface area contributed by atoms with Crippen molar-refractivity contribution in [2.75, 3.05) is 31.2 Å². The Hall–Kier alpha value is -4.09. The number of aromatic nitrogens is 1. The van der Waals surface area contributed by atoms with Gasteiger partial charge in [0.25, 0.3) is 0 Å². The van der Waals surface area contributed by atoms with Gasteiger partial charge in [-0.25, -0.2) is 4.39 Å². The average molecular weight is 546 g/mol. The predicted molar refractivity (Wildman–Crippen MR) is 167 cm³/mol. The summed E-state index contributed by atoms with van der Waals surface area (Å²) >= 11 is 0. The first-order chi connectivity index (χ1) is 20.0. The van der Waals surface area contributed by atoms with E-state index in [2.05, 4.69) is 73.4 Å². The maximum atomic E-state index is 14.0. The van der Waals surface area contributed by atoms with E-state index in [1.807, 2.05) is 18.3 Å². The van der Waals surface area contributed by atoms with Crippen LogP contribution in [0.2, 0.25) is 0 Å². The molecule has 0 amide bonds. The number of aryl methyl sites for hydroxylation is 1. The summed E-state index contributed by atoms with van der Waals surface area (Å²) in [5.41, 5.74) is 10.5. The number of pyridine rings is 1. The molecule has 6 rings (SSSR count). The molecule has 3 heterocycles. The molecule has 0 spiro atoms. The molecule has 0 bridgehead atoms. The summed E-state index contributed by atoms with van der Waals surface area (Å²) < 4.78 is 19.5. The Kier molecular flexibility index (Phi) is 7.80. The van der Waals surface area contributed by atoms with Gasteiger partial charge in [0.2, 0.25) is 0 Å². The van der Waals surface area contributed by atoms with E-state index in [0.717, 1.165) is 66.4 Å². The second kappa shape index (κ2) is 11.8. The van der Waals surface area contributed by atoms with Gasteiger partial charge in [-0.05, 0) is 90.1 Å². The Morgan fingerprint density at radius 3 is 2.51 bits per heavy atom. The molecule has 2 aliphatic rings. The molecule has 1 aromatic heterocycles. The van der Waals surface area contributed by atoms with Crippen LogP contribution in [-0.4, -0.2) is 37.5 Å². The molecular weight excluding hydrogens is 509 g/mol. The smallest absolute Gasteiger partial charge is 0.126 e. The van der Waals surface area contributed by atoms with Crippen LogP contribution in [0.15, 0.2) is 90.1 Å². The summed E-state index contributed by atoms with van der Waals surface area (Å²) in [6.07, 6.45) is 7.13.